The molecule has 0 spiro atoms. The lowest BCUT2D eigenvalue weighted by Gasteiger charge is -2.23. The first-order valence-electron chi connectivity index (χ1n) is 5.77. The van der Waals surface area contributed by atoms with Crippen molar-refractivity contribution in [3.8, 4) is 11.5 Å². The molecule has 0 amide bonds. The summed E-state index contributed by atoms with van der Waals surface area (Å²) in [6.07, 6.45) is 5.54. The highest BCUT2D eigenvalue weighted by Gasteiger charge is 2.41. The van der Waals surface area contributed by atoms with Gasteiger partial charge in [-0.25, -0.2) is 0 Å². The van der Waals surface area contributed by atoms with Crippen LogP contribution in [-0.4, -0.2) is 11.2 Å². The van der Waals surface area contributed by atoms with E-state index in [-0.39, 0.29) is 5.75 Å². The molecule has 2 aliphatic carbocycles. The van der Waals surface area contributed by atoms with Gasteiger partial charge in [-0.3, -0.25) is 0 Å². The minimum atomic E-state index is 0.264. The lowest BCUT2D eigenvalue weighted by molar-refractivity contribution is 0.134. The van der Waals surface area contributed by atoms with Crippen molar-refractivity contribution in [1.29, 1.82) is 0 Å². The number of ether oxygens (including phenoxy) is 1. The summed E-state index contributed by atoms with van der Waals surface area (Å²) in [5.74, 6) is 2.52. The standard InChI is InChI=1S/C13H16O2/c14-11-3-1-2-4-12(11)15-13-8-9-5-6-10(13)7-9/h1-4,9-10,13-14H,5-8H2/t9-,10-,13+/m0/s1. The molecule has 2 fully saturated rings. The molecule has 2 nitrogen and oxygen atoms in total. The average Bonchev–Trinajstić information content (AvgIpc) is 2.83. The Morgan fingerprint density at radius 3 is 2.67 bits per heavy atom. The monoisotopic (exact) mass is 204 g/mol. The maximum Gasteiger partial charge on any atom is 0.161 e. The zero-order chi connectivity index (χ0) is 10.3. The lowest BCUT2D eigenvalue weighted by atomic mass is 9.98. The third-order valence-corrected chi connectivity index (χ3v) is 3.82. The summed E-state index contributed by atoms with van der Waals surface area (Å²) in [7, 11) is 0. The van der Waals surface area contributed by atoms with E-state index in [9.17, 15) is 5.11 Å². The van der Waals surface area contributed by atoms with Crippen molar-refractivity contribution >= 4 is 0 Å². The van der Waals surface area contributed by atoms with Gasteiger partial charge in [-0.1, -0.05) is 12.1 Å². The van der Waals surface area contributed by atoms with Crippen LogP contribution in [0.5, 0.6) is 11.5 Å². The van der Waals surface area contributed by atoms with Crippen LogP contribution < -0.4 is 4.74 Å². The van der Waals surface area contributed by atoms with E-state index in [2.05, 4.69) is 0 Å². The average molecular weight is 204 g/mol. The first-order valence-corrected chi connectivity index (χ1v) is 5.77. The van der Waals surface area contributed by atoms with Gasteiger partial charge in [0.2, 0.25) is 0 Å². The molecule has 0 aliphatic heterocycles. The molecular weight excluding hydrogens is 188 g/mol. The van der Waals surface area contributed by atoms with Crippen LogP contribution in [0.4, 0.5) is 0 Å². The van der Waals surface area contributed by atoms with Crippen molar-refractivity contribution in [2.45, 2.75) is 31.8 Å². The van der Waals surface area contributed by atoms with Crippen LogP contribution >= 0.6 is 0 Å². The van der Waals surface area contributed by atoms with Crippen LogP contribution in [0.15, 0.2) is 24.3 Å². The normalized spacial score (nSPS) is 33.2. The van der Waals surface area contributed by atoms with Gasteiger partial charge in [0.25, 0.3) is 0 Å². The number of aromatic hydroxyl groups is 1. The zero-order valence-corrected chi connectivity index (χ0v) is 8.73. The van der Waals surface area contributed by atoms with E-state index in [4.69, 9.17) is 4.74 Å². The molecule has 0 heterocycles. The van der Waals surface area contributed by atoms with Crippen molar-refractivity contribution in [3.63, 3.8) is 0 Å². The number of rotatable bonds is 2. The summed E-state index contributed by atoms with van der Waals surface area (Å²) in [4.78, 5) is 0. The number of fused-ring (bicyclic) bond motifs is 2. The van der Waals surface area contributed by atoms with Crippen molar-refractivity contribution in [1.82, 2.24) is 0 Å². The van der Waals surface area contributed by atoms with Gasteiger partial charge in [0, 0.05) is 0 Å². The van der Waals surface area contributed by atoms with Gasteiger partial charge >= 0.3 is 0 Å². The molecule has 3 atom stereocenters. The topological polar surface area (TPSA) is 29.5 Å². The number of hydrogen-bond donors (Lipinski definition) is 1. The predicted octanol–water partition coefficient (Wildman–Crippen LogP) is 2.96. The fraction of sp³-hybridized carbons (Fsp3) is 0.538. The van der Waals surface area contributed by atoms with E-state index in [1.54, 1.807) is 6.07 Å². The predicted molar refractivity (Wildman–Crippen MR) is 58.0 cm³/mol. The van der Waals surface area contributed by atoms with E-state index in [0.717, 1.165) is 11.8 Å². The van der Waals surface area contributed by atoms with Crippen LogP contribution in [0.3, 0.4) is 0 Å². The Hall–Kier alpha value is -1.18. The van der Waals surface area contributed by atoms with E-state index in [1.165, 1.54) is 25.7 Å². The number of phenols is 1. The smallest absolute Gasteiger partial charge is 0.161 e. The third-order valence-electron chi connectivity index (χ3n) is 3.82. The van der Waals surface area contributed by atoms with Crippen LogP contribution in [0.2, 0.25) is 0 Å². The van der Waals surface area contributed by atoms with Crippen molar-refractivity contribution in [3.05, 3.63) is 24.3 Å². The van der Waals surface area contributed by atoms with Gasteiger partial charge in [-0.05, 0) is 49.7 Å². The summed E-state index contributed by atoms with van der Waals surface area (Å²) < 4.78 is 5.89. The number of para-hydroxylation sites is 2. The van der Waals surface area contributed by atoms with Crippen molar-refractivity contribution in [2.24, 2.45) is 11.8 Å². The molecular formula is C13H16O2. The quantitative estimate of drug-likeness (QED) is 0.802. The molecule has 15 heavy (non-hydrogen) atoms. The van der Waals surface area contributed by atoms with E-state index < -0.39 is 0 Å². The molecule has 2 aliphatic rings. The molecule has 80 valence electrons. The lowest BCUT2D eigenvalue weighted by Crippen LogP contribution is -2.23. The Morgan fingerprint density at radius 1 is 1.13 bits per heavy atom. The first kappa shape index (κ1) is 9.08. The summed E-state index contributed by atoms with van der Waals surface area (Å²) in [5.41, 5.74) is 0. The molecule has 1 N–H and O–H groups in total. The van der Waals surface area contributed by atoms with Gasteiger partial charge in [0.15, 0.2) is 11.5 Å². The first-order chi connectivity index (χ1) is 7.33. The molecule has 1 aromatic carbocycles. The van der Waals surface area contributed by atoms with E-state index in [1.807, 2.05) is 18.2 Å². The largest absolute Gasteiger partial charge is 0.504 e. The van der Waals surface area contributed by atoms with Crippen LogP contribution in [0, 0.1) is 11.8 Å². The van der Waals surface area contributed by atoms with Gasteiger partial charge in [-0.15, -0.1) is 0 Å². The molecule has 2 saturated carbocycles. The van der Waals surface area contributed by atoms with E-state index >= 15 is 0 Å². The van der Waals surface area contributed by atoms with Crippen LogP contribution in [-0.2, 0) is 0 Å². The Labute approximate surface area is 89.9 Å². The van der Waals surface area contributed by atoms with Gasteiger partial charge in [0.1, 0.15) is 6.10 Å². The number of benzene rings is 1. The van der Waals surface area contributed by atoms with Crippen molar-refractivity contribution in [2.75, 3.05) is 0 Å². The summed E-state index contributed by atoms with van der Waals surface area (Å²) in [6, 6.07) is 7.26. The fourth-order valence-corrected chi connectivity index (χ4v) is 3.05. The molecule has 1 aromatic rings. The Balaban J connectivity index is 1.73. The Bertz CT molecular complexity index is 361. The van der Waals surface area contributed by atoms with Gasteiger partial charge in [0.05, 0.1) is 0 Å². The van der Waals surface area contributed by atoms with Gasteiger partial charge < -0.3 is 9.84 Å². The molecule has 2 bridgehead atoms. The molecule has 0 unspecified atom stereocenters. The van der Waals surface area contributed by atoms with Crippen LogP contribution in [0.1, 0.15) is 25.7 Å². The Kier molecular flexibility index (Phi) is 2.08. The number of hydrogen-bond acceptors (Lipinski definition) is 2. The second-order valence-corrected chi connectivity index (χ2v) is 4.80. The zero-order valence-electron chi connectivity index (χ0n) is 8.73. The molecule has 0 radical (unpaired) electrons. The highest BCUT2D eigenvalue weighted by Crippen LogP contribution is 2.46. The molecule has 0 saturated heterocycles. The third kappa shape index (κ3) is 1.58. The molecule has 2 heteroatoms. The summed E-state index contributed by atoms with van der Waals surface area (Å²) in [6.45, 7) is 0. The molecule has 0 aromatic heterocycles. The highest BCUT2D eigenvalue weighted by atomic mass is 16.5. The highest BCUT2D eigenvalue weighted by molar-refractivity contribution is 5.38. The minimum absolute atomic E-state index is 0.264. The second kappa shape index (κ2) is 3.44. The minimum Gasteiger partial charge on any atom is -0.504 e. The summed E-state index contributed by atoms with van der Waals surface area (Å²) in [5, 5.41) is 9.62. The SMILES string of the molecule is Oc1ccccc1O[C@@H]1C[C@H]2CC[C@H]1C2. The van der Waals surface area contributed by atoms with E-state index in [0.29, 0.717) is 11.9 Å². The van der Waals surface area contributed by atoms with Gasteiger partial charge in [-0.2, -0.15) is 0 Å². The second-order valence-electron chi connectivity index (χ2n) is 4.80. The summed E-state index contributed by atoms with van der Waals surface area (Å²) >= 11 is 0. The Morgan fingerprint density at radius 2 is 2.00 bits per heavy atom. The fourth-order valence-electron chi connectivity index (χ4n) is 3.05. The molecule has 3 rings (SSSR count). The maximum absolute atomic E-state index is 9.62. The van der Waals surface area contributed by atoms with Crippen molar-refractivity contribution < 1.29 is 9.84 Å². The maximum atomic E-state index is 9.62. The van der Waals surface area contributed by atoms with Crippen LogP contribution in [0.25, 0.3) is 0 Å². The number of phenolic OH excluding ortho intramolecular Hbond substituents is 1.